The molecule has 0 spiro atoms. The number of amides is 1. The van der Waals surface area contributed by atoms with Crippen LogP contribution >= 0.6 is 11.6 Å². The third-order valence-electron chi connectivity index (χ3n) is 3.89. The van der Waals surface area contributed by atoms with E-state index < -0.39 is 12.0 Å². The Hall–Kier alpha value is -1.59. The summed E-state index contributed by atoms with van der Waals surface area (Å²) in [5, 5.41) is 12.7. The van der Waals surface area contributed by atoms with Crippen LogP contribution in [0.3, 0.4) is 0 Å². The van der Waals surface area contributed by atoms with Gasteiger partial charge in [0.25, 0.3) is 0 Å². The maximum atomic E-state index is 12.0. The van der Waals surface area contributed by atoms with Crippen molar-refractivity contribution in [2.75, 3.05) is 19.6 Å². The molecular formula is C16H21ClN2O3. The maximum absolute atomic E-state index is 12.0. The first-order valence-corrected chi connectivity index (χ1v) is 7.92. The van der Waals surface area contributed by atoms with E-state index in [1.165, 1.54) is 0 Å². The molecule has 1 saturated heterocycles. The maximum Gasteiger partial charge on any atom is 0.320 e. The summed E-state index contributed by atoms with van der Waals surface area (Å²) in [4.78, 5) is 24.9. The molecule has 1 aromatic rings. The van der Waals surface area contributed by atoms with Gasteiger partial charge in [0.15, 0.2) is 0 Å². The molecule has 2 rings (SSSR count). The molecule has 0 aliphatic carbocycles. The lowest BCUT2D eigenvalue weighted by molar-refractivity contribution is -0.145. The summed E-state index contributed by atoms with van der Waals surface area (Å²) in [6.45, 7) is 1.35. The van der Waals surface area contributed by atoms with Crippen LogP contribution in [-0.2, 0) is 16.0 Å². The van der Waals surface area contributed by atoms with Crippen molar-refractivity contribution in [2.45, 2.75) is 31.7 Å². The predicted molar refractivity (Wildman–Crippen MR) is 85.0 cm³/mol. The van der Waals surface area contributed by atoms with Crippen molar-refractivity contribution in [1.29, 1.82) is 0 Å². The summed E-state index contributed by atoms with van der Waals surface area (Å²) in [6.07, 6.45) is 3.20. The molecule has 1 amide bonds. The lowest BCUT2D eigenvalue weighted by Crippen LogP contribution is -2.49. The van der Waals surface area contributed by atoms with Crippen molar-refractivity contribution in [2.24, 2.45) is 0 Å². The molecule has 22 heavy (non-hydrogen) atoms. The number of nitrogens with one attached hydrogen (secondary N) is 1. The van der Waals surface area contributed by atoms with Crippen LogP contribution in [0.2, 0.25) is 5.02 Å². The summed E-state index contributed by atoms with van der Waals surface area (Å²) in [5.74, 6) is -0.962. The number of benzene rings is 1. The van der Waals surface area contributed by atoms with Crippen LogP contribution in [0.4, 0.5) is 0 Å². The number of hydrogen-bond donors (Lipinski definition) is 2. The van der Waals surface area contributed by atoms with Gasteiger partial charge in [-0.2, -0.15) is 0 Å². The van der Waals surface area contributed by atoms with Crippen LogP contribution in [0.5, 0.6) is 0 Å². The van der Waals surface area contributed by atoms with E-state index in [-0.39, 0.29) is 12.5 Å². The molecule has 0 bridgehead atoms. The normalized spacial score (nSPS) is 18.9. The monoisotopic (exact) mass is 324 g/mol. The highest BCUT2D eigenvalue weighted by atomic mass is 35.5. The van der Waals surface area contributed by atoms with Crippen molar-refractivity contribution < 1.29 is 14.7 Å². The van der Waals surface area contributed by atoms with Crippen molar-refractivity contribution >= 4 is 23.5 Å². The number of piperidine rings is 1. The van der Waals surface area contributed by atoms with Gasteiger partial charge in [-0.15, -0.1) is 0 Å². The standard InChI is InChI=1S/C16H21ClN2O3/c17-13-6-4-12(5-7-13)8-9-18-15(20)11-19-10-2-1-3-14(19)16(21)22/h4-7,14H,1-3,8-11H2,(H,18,20)(H,21,22). The molecular weight excluding hydrogens is 304 g/mol. The van der Waals surface area contributed by atoms with Gasteiger partial charge in [-0.3, -0.25) is 14.5 Å². The molecule has 1 aromatic carbocycles. The van der Waals surface area contributed by atoms with Gasteiger partial charge >= 0.3 is 5.97 Å². The van der Waals surface area contributed by atoms with Gasteiger partial charge in [-0.05, 0) is 43.5 Å². The zero-order valence-corrected chi connectivity index (χ0v) is 13.2. The van der Waals surface area contributed by atoms with Gasteiger partial charge in [0.2, 0.25) is 5.91 Å². The van der Waals surface area contributed by atoms with E-state index in [1.54, 1.807) is 4.90 Å². The Kier molecular flexibility index (Phi) is 6.21. The lowest BCUT2D eigenvalue weighted by Gasteiger charge is -2.32. The molecule has 1 aliphatic rings. The molecule has 5 nitrogen and oxygen atoms in total. The van der Waals surface area contributed by atoms with Crippen LogP contribution in [-0.4, -0.2) is 47.6 Å². The minimum absolute atomic E-state index is 0.123. The SMILES string of the molecule is O=C(CN1CCCCC1C(=O)O)NCCc1ccc(Cl)cc1. The number of rotatable bonds is 6. The van der Waals surface area contributed by atoms with Crippen molar-refractivity contribution in [3.8, 4) is 0 Å². The minimum Gasteiger partial charge on any atom is -0.480 e. The number of aliphatic carboxylic acids is 1. The zero-order valence-electron chi connectivity index (χ0n) is 12.4. The van der Waals surface area contributed by atoms with Crippen LogP contribution in [0.1, 0.15) is 24.8 Å². The number of hydrogen-bond acceptors (Lipinski definition) is 3. The summed E-state index contributed by atoms with van der Waals surface area (Å²) < 4.78 is 0. The van der Waals surface area contributed by atoms with Gasteiger partial charge in [0.05, 0.1) is 6.54 Å². The fraction of sp³-hybridized carbons (Fsp3) is 0.500. The molecule has 2 N–H and O–H groups in total. The van der Waals surface area contributed by atoms with Gasteiger partial charge in [0, 0.05) is 11.6 Å². The Balaban J connectivity index is 1.75. The van der Waals surface area contributed by atoms with E-state index in [9.17, 15) is 14.7 Å². The quantitative estimate of drug-likeness (QED) is 0.839. The first-order chi connectivity index (χ1) is 10.6. The number of carboxylic acids is 1. The minimum atomic E-state index is -0.839. The largest absolute Gasteiger partial charge is 0.480 e. The van der Waals surface area contributed by atoms with E-state index in [1.807, 2.05) is 24.3 Å². The predicted octanol–water partition coefficient (Wildman–Crippen LogP) is 1.94. The van der Waals surface area contributed by atoms with E-state index in [0.29, 0.717) is 24.5 Å². The second-order valence-corrected chi connectivity index (χ2v) is 5.98. The number of nitrogens with zero attached hydrogens (tertiary/aromatic N) is 1. The Morgan fingerprint density at radius 1 is 1.27 bits per heavy atom. The van der Waals surface area contributed by atoms with E-state index in [4.69, 9.17) is 11.6 Å². The van der Waals surface area contributed by atoms with Crippen LogP contribution < -0.4 is 5.32 Å². The second-order valence-electron chi connectivity index (χ2n) is 5.55. The smallest absolute Gasteiger partial charge is 0.320 e. The molecule has 1 fully saturated rings. The molecule has 1 aliphatic heterocycles. The number of carbonyl (C=O) groups is 2. The Morgan fingerprint density at radius 2 is 2.00 bits per heavy atom. The van der Waals surface area contributed by atoms with Crippen LogP contribution in [0.25, 0.3) is 0 Å². The second kappa shape index (κ2) is 8.15. The molecule has 1 heterocycles. The van der Waals surface area contributed by atoms with Crippen LogP contribution in [0, 0.1) is 0 Å². The van der Waals surface area contributed by atoms with E-state index in [2.05, 4.69) is 5.32 Å². The Morgan fingerprint density at radius 3 is 2.68 bits per heavy atom. The highest BCUT2D eigenvalue weighted by Crippen LogP contribution is 2.16. The topological polar surface area (TPSA) is 69.6 Å². The lowest BCUT2D eigenvalue weighted by atomic mass is 10.0. The van der Waals surface area contributed by atoms with Crippen molar-refractivity contribution in [3.63, 3.8) is 0 Å². The fourth-order valence-corrected chi connectivity index (χ4v) is 2.82. The summed E-state index contributed by atoms with van der Waals surface area (Å²) in [6, 6.07) is 6.98. The zero-order chi connectivity index (χ0) is 15.9. The molecule has 120 valence electrons. The fourth-order valence-electron chi connectivity index (χ4n) is 2.70. The molecule has 0 radical (unpaired) electrons. The summed E-state index contributed by atoms with van der Waals surface area (Å²) in [5.41, 5.74) is 1.10. The highest BCUT2D eigenvalue weighted by molar-refractivity contribution is 6.30. The van der Waals surface area contributed by atoms with Gasteiger partial charge in [0.1, 0.15) is 6.04 Å². The van der Waals surface area contributed by atoms with Crippen LogP contribution in [0.15, 0.2) is 24.3 Å². The molecule has 1 atom stereocenters. The summed E-state index contributed by atoms with van der Waals surface area (Å²) in [7, 11) is 0. The third kappa shape index (κ3) is 5.00. The van der Waals surface area contributed by atoms with Gasteiger partial charge < -0.3 is 10.4 Å². The average Bonchev–Trinajstić information content (AvgIpc) is 2.49. The van der Waals surface area contributed by atoms with Crippen molar-refractivity contribution in [3.05, 3.63) is 34.9 Å². The Labute approximate surface area is 135 Å². The molecule has 6 heteroatoms. The molecule has 0 saturated carbocycles. The van der Waals surface area contributed by atoms with Gasteiger partial charge in [-0.25, -0.2) is 0 Å². The number of likely N-dealkylation sites (tertiary alicyclic amines) is 1. The number of carbonyl (C=O) groups excluding carboxylic acids is 1. The number of carboxylic acid groups (broad SMARTS) is 1. The average molecular weight is 325 g/mol. The first-order valence-electron chi connectivity index (χ1n) is 7.54. The summed E-state index contributed by atoms with van der Waals surface area (Å²) >= 11 is 5.82. The van der Waals surface area contributed by atoms with Gasteiger partial charge in [-0.1, -0.05) is 30.2 Å². The van der Waals surface area contributed by atoms with E-state index >= 15 is 0 Å². The molecule has 0 aromatic heterocycles. The first kappa shape index (κ1) is 16.8. The number of halogens is 1. The van der Waals surface area contributed by atoms with E-state index in [0.717, 1.165) is 24.8 Å². The third-order valence-corrected chi connectivity index (χ3v) is 4.15. The van der Waals surface area contributed by atoms with Crippen molar-refractivity contribution in [1.82, 2.24) is 10.2 Å². The molecule has 1 unspecified atom stereocenters. The Bertz CT molecular complexity index is 519. The highest BCUT2D eigenvalue weighted by Gasteiger charge is 2.29.